The molecule has 0 N–H and O–H groups in total. The summed E-state index contributed by atoms with van der Waals surface area (Å²) in [6, 6.07) is 0. The molecule has 0 spiro atoms. The number of alkyl halides is 1. The zero-order chi connectivity index (χ0) is 9.97. The molecule has 82 valence electrons. The summed E-state index contributed by atoms with van der Waals surface area (Å²) in [7, 11) is 0. The third kappa shape index (κ3) is 2.73. The van der Waals surface area contributed by atoms with E-state index in [4.69, 9.17) is 0 Å². The molecule has 2 heteroatoms. The van der Waals surface area contributed by atoms with Crippen molar-refractivity contribution in [1.82, 2.24) is 4.90 Å². The maximum atomic E-state index is 3.80. The second kappa shape index (κ2) is 4.98. The lowest BCUT2D eigenvalue weighted by atomic mass is 9.97. The van der Waals surface area contributed by atoms with E-state index in [0.717, 1.165) is 16.7 Å². The molecule has 2 aliphatic rings. The zero-order valence-electron chi connectivity index (χ0n) is 9.21. The van der Waals surface area contributed by atoms with Crippen molar-refractivity contribution in [2.24, 2.45) is 11.8 Å². The molecule has 2 rings (SSSR count). The van der Waals surface area contributed by atoms with Crippen molar-refractivity contribution in [2.75, 3.05) is 19.6 Å². The predicted octanol–water partition coefficient (Wildman–Crippen LogP) is 3.28. The Hall–Kier alpha value is 0.440. The van der Waals surface area contributed by atoms with Crippen LogP contribution in [0.3, 0.4) is 0 Å². The van der Waals surface area contributed by atoms with Crippen LogP contribution in [0, 0.1) is 11.8 Å². The first-order chi connectivity index (χ1) is 6.75. The first-order valence-electron chi connectivity index (χ1n) is 6.12. The van der Waals surface area contributed by atoms with Gasteiger partial charge in [0, 0.05) is 17.9 Å². The zero-order valence-corrected chi connectivity index (χ0v) is 10.8. The van der Waals surface area contributed by atoms with Crippen molar-refractivity contribution >= 4 is 15.9 Å². The SMILES string of the molecule is CC1CCN(CC2CCCC2)CC1Br. The van der Waals surface area contributed by atoms with Crippen LogP contribution in [-0.4, -0.2) is 29.4 Å². The average molecular weight is 260 g/mol. The van der Waals surface area contributed by atoms with Crippen LogP contribution in [0.25, 0.3) is 0 Å². The number of nitrogens with zero attached hydrogens (tertiary/aromatic N) is 1. The van der Waals surface area contributed by atoms with Crippen LogP contribution in [0.1, 0.15) is 39.0 Å². The number of hydrogen-bond donors (Lipinski definition) is 0. The summed E-state index contributed by atoms with van der Waals surface area (Å²) in [5.74, 6) is 1.89. The molecule has 2 atom stereocenters. The van der Waals surface area contributed by atoms with Crippen LogP contribution < -0.4 is 0 Å². The largest absolute Gasteiger partial charge is 0.302 e. The highest BCUT2D eigenvalue weighted by molar-refractivity contribution is 9.09. The van der Waals surface area contributed by atoms with Gasteiger partial charge in [-0.1, -0.05) is 35.7 Å². The van der Waals surface area contributed by atoms with E-state index in [2.05, 4.69) is 27.8 Å². The summed E-state index contributed by atoms with van der Waals surface area (Å²) in [5.41, 5.74) is 0. The van der Waals surface area contributed by atoms with Crippen LogP contribution in [-0.2, 0) is 0 Å². The summed E-state index contributed by atoms with van der Waals surface area (Å²) >= 11 is 3.80. The fraction of sp³-hybridized carbons (Fsp3) is 1.00. The van der Waals surface area contributed by atoms with Gasteiger partial charge >= 0.3 is 0 Å². The molecule has 2 fully saturated rings. The second-order valence-electron chi connectivity index (χ2n) is 5.19. The molecule has 1 saturated heterocycles. The first kappa shape index (κ1) is 10.9. The summed E-state index contributed by atoms with van der Waals surface area (Å²) < 4.78 is 0. The van der Waals surface area contributed by atoms with E-state index in [-0.39, 0.29) is 0 Å². The van der Waals surface area contributed by atoms with Crippen molar-refractivity contribution in [1.29, 1.82) is 0 Å². The van der Waals surface area contributed by atoms with E-state index < -0.39 is 0 Å². The Bertz CT molecular complexity index is 177. The van der Waals surface area contributed by atoms with E-state index in [9.17, 15) is 0 Å². The maximum absolute atomic E-state index is 3.80. The van der Waals surface area contributed by atoms with Gasteiger partial charge in [-0.2, -0.15) is 0 Å². The highest BCUT2D eigenvalue weighted by atomic mass is 79.9. The number of halogens is 1. The quantitative estimate of drug-likeness (QED) is 0.689. The second-order valence-corrected chi connectivity index (χ2v) is 6.37. The Labute approximate surface area is 96.4 Å². The lowest BCUT2D eigenvalue weighted by molar-refractivity contribution is 0.175. The van der Waals surface area contributed by atoms with Crippen LogP contribution >= 0.6 is 15.9 Å². The summed E-state index contributed by atoms with van der Waals surface area (Å²) in [4.78, 5) is 3.41. The maximum Gasteiger partial charge on any atom is 0.0299 e. The highest BCUT2D eigenvalue weighted by Gasteiger charge is 2.26. The number of rotatable bonds is 2. The molecule has 1 aliphatic heterocycles. The van der Waals surface area contributed by atoms with E-state index in [1.165, 1.54) is 51.7 Å². The lowest BCUT2D eigenvalue weighted by Gasteiger charge is -2.35. The molecule has 0 aromatic carbocycles. The predicted molar refractivity (Wildman–Crippen MR) is 64.9 cm³/mol. The van der Waals surface area contributed by atoms with Crippen molar-refractivity contribution in [3.8, 4) is 0 Å². The first-order valence-corrected chi connectivity index (χ1v) is 7.03. The van der Waals surface area contributed by atoms with Gasteiger partial charge in [0.15, 0.2) is 0 Å². The summed E-state index contributed by atoms with van der Waals surface area (Å²) in [6.45, 7) is 6.35. The van der Waals surface area contributed by atoms with Crippen molar-refractivity contribution in [3.63, 3.8) is 0 Å². The van der Waals surface area contributed by atoms with E-state index >= 15 is 0 Å². The van der Waals surface area contributed by atoms with Gasteiger partial charge in [0.05, 0.1) is 0 Å². The number of piperidine rings is 1. The van der Waals surface area contributed by atoms with Crippen LogP contribution in [0.4, 0.5) is 0 Å². The number of hydrogen-bond acceptors (Lipinski definition) is 1. The Morgan fingerprint density at radius 3 is 2.57 bits per heavy atom. The minimum Gasteiger partial charge on any atom is -0.302 e. The van der Waals surface area contributed by atoms with E-state index in [0.29, 0.717) is 0 Å². The molecule has 1 heterocycles. The average Bonchev–Trinajstić information content (AvgIpc) is 2.64. The standard InChI is InChI=1S/C12H22BrN/c1-10-6-7-14(9-12(10)13)8-11-4-2-3-5-11/h10-12H,2-9H2,1H3. The van der Waals surface area contributed by atoms with Gasteiger partial charge in [0.2, 0.25) is 0 Å². The Kier molecular flexibility index (Phi) is 3.89. The molecule has 0 radical (unpaired) electrons. The molecule has 2 unspecified atom stereocenters. The van der Waals surface area contributed by atoms with Crippen molar-refractivity contribution < 1.29 is 0 Å². The smallest absolute Gasteiger partial charge is 0.0299 e. The molecule has 14 heavy (non-hydrogen) atoms. The van der Waals surface area contributed by atoms with Crippen LogP contribution in [0.5, 0.6) is 0 Å². The van der Waals surface area contributed by atoms with Crippen LogP contribution in [0.15, 0.2) is 0 Å². The fourth-order valence-corrected chi connectivity index (χ4v) is 3.48. The Balaban J connectivity index is 1.75. The Morgan fingerprint density at radius 1 is 1.21 bits per heavy atom. The van der Waals surface area contributed by atoms with Gasteiger partial charge in [0.1, 0.15) is 0 Å². The molecule has 0 aromatic rings. The monoisotopic (exact) mass is 259 g/mol. The molecular weight excluding hydrogens is 238 g/mol. The van der Waals surface area contributed by atoms with Crippen molar-refractivity contribution in [3.05, 3.63) is 0 Å². The van der Waals surface area contributed by atoms with E-state index in [1.807, 2.05) is 0 Å². The molecule has 0 amide bonds. The highest BCUT2D eigenvalue weighted by Crippen LogP contribution is 2.28. The third-order valence-corrected chi connectivity index (χ3v) is 5.13. The minimum absolute atomic E-state index is 0.734. The normalized spacial score (nSPS) is 36.4. The molecule has 1 nitrogen and oxygen atoms in total. The fourth-order valence-electron chi connectivity index (χ4n) is 2.81. The summed E-state index contributed by atoms with van der Waals surface area (Å²) in [6.07, 6.45) is 7.31. The van der Waals surface area contributed by atoms with Gasteiger partial charge in [0.25, 0.3) is 0 Å². The molecule has 1 saturated carbocycles. The van der Waals surface area contributed by atoms with Crippen LogP contribution in [0.2, 0.25) is 0 Å². The Morgan fingerprint density at radius 2 is 1.93 bits per heavy atom. The van der Waals surface area contributed by atoms with Gasteiger partial charge in [-0.05, 0) is 37.6 Å². The number of likely N-dealkylation sites (tertiary alicyclic amines) is 1. The van der Waals surface area contributed by atoms with E-state index in [1.54, 1.807) is 0 Å². The van der Waals surface area contributed by atoms with Crippen molar-refractivity contribution in [2.45, 2.75) is 43.9 Å². The minimum atomic E-state index is 0.734. The molecule has 0 bridgehead atoms. The van der Waals surface area contributed by atoms with Gasteiger partial charge in [-0.3, -0.25) is 0 Å². The topological polar surface area (TPSA) is 3.24 Å². The third-order valence-electron chi connectivity index (χ3n) is 3.94. The summed E-state index contributed by atoms with van der Waals surface area (Å²) in [5, 5.41) is 0. The van der Waals surface area contributed by atoms with Gasteiger partial charge in [-0.25, -0.2) is 0 Å². The van der Waals surface area contributed by atoms with Gasteiger partial charge in [-0.15, -0.1) is 0 Å². The van der Waals surface area contributed by atoms with Gasteiger partial charge < -0.3 is 4.90 Å². The molecular formula is C12H22BrN. The lowest BCUT2D eigenvalue weighted by Crippen LogP contribution is -2.42. The molecule has 1 aliphatic carbocycles. The molecule has 0 aromatic heterocycles.